The molecule has 17 heavy (non-hydrogen) atoms. The topological polar surface area (TPSA) is 23.8 Å². The fourth-order valence-electron chi connectivity index (χ4n) is 1.47. The van der Waals surface area contributed by atoms with Crippen molar-refractivity contribution < 1.29 is 0 Å². The van der Waals surface area contributed by atoms with Gasteiger partial charge in [-0.1, -0.05) is 29.3 Å². The van der Waals surface area contributed by atoms with Crippen LogP contribution < -0.4 is 0 Å². The van der Waals surface area contributed by atoms with Gasteiger partial charge in [-0.3, -0.25) is 0 Å². The minimum Gasteiger partial charge on any atom is -0.192 e. The van der Waals surface area contributed by atoms with Gasteiger partial charge in [0.1, 0.15) is 6.07 Å². The highest BCUT2D eigenvalue weighted by Gasteiger charge is 2.13. The second kappa shape index (κ2) is 5.32. The van der Waals surface area contributed by atoms with Gasteiger partial charge in [0.05, 0.1) is 19.8 Å². The summed E-state index contributed by atoms with van der Waals surface area (Å²) in [4.78, 5) is 0. The molecule has 1 aromatic heterocycles. The fraction of sp³-hybridized carbons (Fsp3) is 0.0833. The number of hydrogen-bond donors (Lipinski definition) is 0. The van der Waals surface area contributed by atoms with Crippen LogP contribution in [-0.2, 0) is 0 Å². The van der Waals surface area contributed by atoms with Crippen molar-refractivity contribution >= 4 is 46.3 Å². The Morgan fingerprint density at radius 1 is 1.29 bits per heavy atom. The second-order valence-corrected chi connectivity index (χ2v) is 6.03. The lowest BCUT2D eigenvalue weighted by Crippen LogP contribution is -1.80. The predicted octanol–water partition coefficient (Wildman–Crippen LogP) is 5.32. The van der Waals surface area contributed by atoms with E-state index in [9.17, 15) is 5.26 Å². The van der Waals surface area contributed by atoms with Crippen LogP contribution in [0.4, 0.5) is 0 Å². The van der Waals surface area contributed by atoms with Gasteiger partial charge in [0.2, 0.25) is 0 Å². The van der Waals surface area contributed by atoms with Crippen molar-refractivity contribution in [1.82, 2.24) is 0 Å². The number of nitriles is 1. The molecule has 2 rings (SSSR count). The molecule has 5 heteroatoms. The summed E-state index contributed by atoms with van der Waals surface area (Å²) in [7, 11) is 0. The molecule has 2 aromatic rings. The number of hydrogen-bond acceptors (Lipinski definition) is 3. The van der Waals surface area contributed by atoms with Gasteiger partial charge in [0.25, 0.3) is 0 Å². The highest BCUT2D eigenvalue weighted by Crippen LogP contribution is 2.37. The maximum Gasteiger partial charge on any atom is 0.102 e. The van der Waals surface area contributed by atoms with Crippen molar-refractivity contribution in [3.8, 4) is 17.2 Å². The molecule has 1 heterocycles. The first kappa shape index (κ1) is 12.8. The Balaban J connectivity index is 2.57. The maximum absolute atomic E-state index is 9.19. The van der Waals surface area contributed by atoms with Crippen LogP contribution in [-0.4, -0.2) is 6.26 Å². The number of nitrogens with zero attached hydrogens (tertiary/aromatic N) is 1. The maximum atomic E-state index is 9.19. The van der Waals surface area contributed by atoms with E-state index in [2.05, 4.69) is 6.07 Å². The van der Waals surface area contributed by atoms with Crippen LogP contribution in [0.2, 0.25) is 10.0 Å². The predicted molar refractivity (Wildman–Crippen MR) is 76.3 cm³/mol. The van der Waals surface area contributed by atoms with E-state index in [0.29, 0.717) is 15.6 Å². The van der Waals surface area contributed by atoms with Crippen LogP contribution in [0.3, 0.4) is 0 Å². The van der Waals surface area contributed by atoms with Gasteiger partial charge in [-0.15, -0.1) is 23.1 Å². The summed E-state index contributed by atoms with van der Waals surface area (Å²) >= 11 is 15.0. The summed E-state index contributed by atoms with van der Waals surface area (Å²) in [5.41, 5.74) is 2.55. The summed E-state index contributed by atoms with van der Waals surface area (Å²) in [5.74, 6) is 0. The molecule has 0 fully saturated rings. The van der Waals surface area contributed by atoms with Crippen LogP contribution in [0.25, 0.3) is 11.1 Å². The third-order valence-electron chi connectivity index (χ3n) is 2.29. The minimum absolute atomic E-state index is 0.505. The number of thiophene rings is 1. The zero-order chi connectivity index (χ0) is 12.4. The Labute approximate surface area is 118 Å². The molecule has 0 bridgehead atoms. The van der Waals surface area contributed by atoms with Crippen LogP contribution in [0.5, 0.6) is 0 Å². The van der Waals surface area contributed by atoms with E-state index >= 15 is 0 Å². The van der Waals surface area contributed by atoms with Crippen LogP contribution in [0.1, 0.15) is 5.56 Å². The molecule has 0 aliphatic heterocycles. The lowest BCUT2D eigenvalue weighted by molar-refractivity contribution is 1.46. The molecule has 0 amide bonds. The first-order valence-corrected chi connectivity index (χ1v) is 7.54. The van der Waals surface area contributed by atoms with E-state index < -0.39 is 0 Å². The number of thioether (sulfide) groups is 1. The summed E-state index contributed by atoms with van der Waals surface area (Å²) < 4.78 is 1.02. The minimum atomic E-state index is 0.505. The number of benzene rings is 1. The normalized spacial score (nSPS) is 10.2. The van der Waals surface area contributed by atoms with E-state index in [1.165, 1.54) is 0 Å². The highest BCUT2D eigenvalue weighted by atomic mass is 35.5. The van der Waals surface area contributed by atoms with Crippen LogP contribution in [0.15, 0.2) is 27.8 Å². The van der Waals surface area contributed by atoms with Gasteiger partial charge < -0.3 is 0 Å². The van der Waals surface area contributed by atoms with Crippen molar-refractivity contribution in [2.45, 2.75) is 4.21 Å². The van der Waals surface area contributed by atoms with E-state index in [1.807, 2.05) is 17.7 Å². The Morgan fingerprint density at radius 2 is 2.06 bits per heavy atom. The molecule has 86 valence electrons. The average molecular weight is 300 g/mol. The smallest absolute Gasteiger partial charge is 0.102 e. The molecule has 0 spiro atoms. The van der Waals surface area contributed by atoms with Crippen molar-refractivity contribution in [1.29, 1.82) is 5.26 Å². The van der Waals surface area contributed by atoms with E-state index in [4.69, 9.17) is 23.2 Å². The largest absolute Gasteiger partial charge is 0.192 e. The molecule has 1 aromatic carbocycles. The monoisotopic (exact) mass is 299 g/mol. The molecule has 0 aliphatic rings. The third-order valence-corrected chi connectivity index (χ3v) is 5.16. The Hall–Kier alpha value is -0.660. The Bertz CT molecular complexity index is 599. The summed E-state index contributed by atoms with van der Waals surface area (Å²) in [6, 6.07) is 7.65. The van der Waals surface area contributed by atoms with Gasteiger partial charge in [-0.2, -0.15) is 5.26 Å². The molecule has 1 nitrogen and oxygen atoms in total. The summed E-state index contributed by atoms with van der Waals surface area (Å²) in [6.07, 6.45) is 1.96. The van der Waals surface area contributed by atoms with Crippen LogP contribution >= 0.6 is 46.3 Å². The second-order valence-electron chi connectivity index (χ2n) is 3.26. The zero-order valence-electron chi connectivity index (χ0n) is 8.83. The molecule has 0 N–H and O–H groups in total. The SMILES string of the molecule is CSc1scc(-c2ccc(Cl)c(Cl)c2)c1C#N. The van der Waals surface area contributed by atoms with E-state index in [0.717, 1.165) is 15.3 Å². The fourth-order valence-corrected chi connectivity index (χ4v) is 3.41. The van der Waals surface area contributed by atoms with Gasteiger partial charge in [0.15, 0.2) is 0 Å². The quantitative estimate of drug-likeness (QED) is 0.701. The summed E-state index contributed by atoms with van der Waals surface area (Å²) in [6.45, 7) is 0. The van der Waals surface area contributed by atoms with Gasteiger partial charge in [0, 0.05) is 10.9 Å². The lowest BCUT2D eigenvalue weighted by atomic mass is 10.1. The van der Waals surface area contributed by atoms with Crippen molar-refractivity contribution in [2.75, 3.05) is 6.26 Å². The molecule has 0 saturated carbocycles. The summed E-state index contributed by atoms with van der Waals surface area (Å²) in [5, 5.41) is 12.2. The van der Waals surface area contributed by atoms with Gasteiger partial charge >= 0.3 is 0 Å². The average Bonchev–Trinajstić information content (AvgIpc) is 2.75. The molecular formula is C12H7Cl2NS2. The van der Waals surface area contributed by atoms with Gasteiger partial charge in [-0.25, -0.2) is 0 Å². The van der Waals surface area contributed by atoms with E-state index in [-0.39, 0.29) is 0 Å². The first-order valence-electron chi connectivity index (χ1n) is 4.68. The molecule has 0 aliphatic carbocycles. The molecule has 0 radical (unpaired) electrons. The van der Waals surface area contributed by atoms with Crippen molar-refractivity contribution in [3.63, 3.8) is 0 Å². The molecule has 0 unspecified atom stereocenters. The highest BCUT2D eigenvalue weighted by molar-refractivity contribution is 8.00. The number of halogens is 2. The van der Waals surface area contributed by atoms with Gasteiger partial charge in [-0.05, 0) is 24.0 Å². The third kappa shape index (κ3) is 2.46. The molecule has 0 saturated heterocycles. The zero-order valence-corrected chi connectivity index (χ0v) is 12.0. The standard InChI is InChI=1S/C12H7Cl2NS2/c1-16-12-8(5-15)9(6-17-12)7-2-3-10(13)11(14)4-7/h2-4,6H,1H3. The Morgan fingerprint density at radius 3 is 2.65 bits per heavy atom. The van der Waals surface area contributed by atoms with Crippen molar-refractivity contribution in [2.24, 2.45) is 0 Å². The molecule has 0 atom stereocenters. The van der Waals surface area contributed by atoms with E-state index in [1.54, 1.807) is 35.2 Å². The van der Waals surface area contributed by atoms with Crippen LogP contribution in [0, 0.1) is 11.3 Å². The Kier molecular flexibility index (Phi) is 4.01. The first-order chi connectivity index (χ1) is 8.17. The van der Waals surface area contributed by atoms with Crippen molar-refractivity contribution in [3.05, 3.63) is 39.2 Å². The molecular weight excluding hydrogens is 293 g/mol. The lowest BCUT2D eigenvalue weighted by Gasteiger charge is -2.02. The number of rotatable bonds is 2.